The van der Waals surface area contributed by atoms with Crippen molar-refractivity contribution < 1.29 is 10.0 Å². The molecule has 1 aliphatic carbocycles. The van der Waals surface area contributed by atoms with Crippen molar-refractivity contribution in [3.63, 3.8) is 0 Å². The number of non-ortho nitro benzene ring substituents is 1. The Balaban J connectivity index is 1.83. The average Bonchev–Trinajstić information content (AvgIpc) is 2.67. The second-order valence-electron chi connectivity index (χ2n) is 7.27. The first-order chi connectivity index (χ1) is 13.4. The van der Waals surface area contributed by atoms with Crippen LogP contribution in [-0.2, 0) is 12.8 Å². The summed E-state index contributed by atoms with van der Waals surface area (Å²) in [4.78, 5) is 24.8. The Bertz CT molecular complexity index is 1330. The van der Waals surface area contributed by atoms with E-state index in [1.807, 2.05) is 6.92 Å². The SMILES string of the molecule is Cc1cnc2nc3c(cc2c1)CCc1cc2c([N+](=O)[O-])cc(C)c(O)c2nc1-3. The van der Waals surface area contributed by atoms with Crippen LogP contribution in [0.25, 0.3) is 33.3 Å². The Morgan fingerprint density at radius 1 is 1.04 bits per heavy atom. The third kappa shape index (κ3) is 2.32. The fraction of sp³-hybridized carbons (Fsp3) is 0.190. The van der Waals surface area contributed by atoms with Crippen molar-refractivity contribution in [2.45, 2.75) is 26.7 Å². The number of nitro groups is 1. The number of nitro benzene ring substituents is 1. The third-order valence-electron chi connectivity index (χ3n) is 5.30. The molecule has 7 heteroatoms. The number of aryl methyl sites for hydroxylation is 4. The molecule has 7 nitrogen and oxygen atoms in total. The van der Waals surface area contributed by atoms with E-state index in [9.17, 15) is 15.2 Å². The van der Waals surface area contributed by atoms with Gasteiger partial charge in [0.15, 0.2) is 5.65 Å². The number of aromatic hydroxyl groups is 1. The highest BCUT2D eigenvalue weighted by Crippen LogP contribution is 2.40. The summed E-state index contributed by atoms with van der Waals surface area (Å²) in [5.74, 6) is -0.0370. The molecule has 0 atom stereocenters. The predicted molar refractivity (Wildman–Crippen MR) is 105 cm³/mol. The van der Waals surface area contributed by atoms with Crippen LogP contribution in [0.5, 0.6) is 5.75 Å². The second-order valence-corrected chi connectivity index (χ2v) is 7.27. The molecular formula is C21H16N4O3. The Morgan fingerprint density at radius 3 is 2.50 bits per heavy atom. The highest BCUT2D eigenvalue weighted by Gasteiger charge is 2.25. The molecule has 1 aliphatic rings. The molecule has 4 aromatic rings. The number of hydrogen-bond acceptors (Lipinski definition) is 6. The summed E-state index contributed by atoms with van der Waals surface area (Å²) in [5.41, 5.74) is 5.68. The van der Waals surface area contributed by atoms with Crippen LogP contribution >= 0.6 is 0 Å². The number of hydrogen-bond donors (Lipinski definition) is 1. The van der Waals surface area contributed by atoms with Crippen LogP contribution in [0.4, 0.5) is 5.69 Å². The number of pyridine rings is 3. The molecule has 0 saturated heterocycles. The Hall–Kier alpha value is -3.61. The summed E-state index contributed by atoms with van der Waals surface area (Å²) < 4.78 is 0. The van der Waals surface area contributed by atoms with E-state index in [2.05, 4.69) is 22.1 Å². The molecule has 0 bridgehead atoms. The molecule has 0 radical (unpaired) electrons. The van der Waals surface area contributed by atoms with E-state index < -0.39 is 4.92 Å². The lowest BCUT2D eigenvalue weighted by Crippen LogP contribution is -2.09. The van der Waals surface area contributed by atoms with Gasteiger partial charge in [-0.15, -0.1) is 0 Å². The van der Waals surface area contributed by atoms with Gasteiger partial charge in [0.2, 0.25) is 0 Å². The maximum atomic E-state index is 11.5. The van der Waals surface area contributed by atoms with Crippen molar-refractivity contribution in [2.75, 3.05) is 0 Å². The summed E-state index contributed by atoms with van der Waals surface area (Å²) in [6.07, 6.45) is 3.26. The van der Waals surface area contributed by atoms with Crippen LogP contribution in [0.2, 0.25) is 0 Å². The lowest BCUT2D eigenvalue weighted by Gasteiger charge is -2.19. The van der Waals surface area contributed by atoms with Gasteiger partial charge >= 0.3 is 0 Å². The number of nitrogens with zero attached hydrogens (tertiary/aromatic N) is 4. The summed E-state index contributed by atoms with van der Waals surface area (Å²) in [6.45, 7) is 3.63. The number of benzene rings is 1. The van der Waals surface area contributed by atoms with Crippen molar-refractivity contribution in [2.24, 2.45) is 0 Å². The normalized spacial score (nSPS) is 12.8. The van der Waals surface area contributed by atoms with Gasteiger partial charge in [-0.25, -0.2) is 15.0 Å². The molecule has 3 aromatic heterocycles. The standard InChI is InChI=1S/C21H16N4O3/c1-10-5-14-7-12-3-4-13-8-15-16(25(27)28)6-11(2)20(26)19(15)23-17(13)18(12)24-21(14)22-9-10/h5-9,26H,3-4H2,1-2H3. The van der Waals surface area contributed by atoms with Crippen LogP contribution in [0.1, 0.15) is 22.3 Å². The lowest BCUT2D eigenvalue weighted by molar-refractivity contribution is -0.383. The fourth-order valence-corrected chi connectivity index (χ4v) is 3.90. The van der Waals surface area contributed by atoms with Gasteiger partial charge in [0, 0.05) is 17.6 Å². The molecule has 28 heavy (non-hydrogen) atoms. The van der Waals surface area contributed by atoms with Crippen LogP contribution in [0.3, 0.4) is 0 Å². The number of rotatable bonds is 1. The fourth-order valence-electron chi connectivity index (χ4n) is 3.90. The Kier molecular flexibility index (Phi) is 3.37. The molecule has 3 heterocycles. The van der Waals surface area contributed by atoms with Crippen LogP contribution in [0.15, 0.2) is 30.5 Å². The first-order valence-electron chi connectivity index (χ1n) is 8.99. The van der Waals surface area contributed by atoms with Gasteiger partial charge in [-0.3, -0.25) is 10.1 Å². The molecule has 1 N–H and O–H groups in total. The molecule has 138 valence electrons. The first-order valence-corrected chi connectivity index (χ1v) is 8.99. The van der Waals surface area contributed by atoms with E-state index in [1.165, 1.54) is 6.07 Å². The van der Waals surface area contributed by atoms with Crippen molar-refractivity contribution in [1.29, 1.82) is 0 Å². The molecular weight excluding hydrogens is 356 g/mol. The second kappa shape index (κ2) is 5.69. The summed E-state index contributed by atoms with van der Waals surface area (Å²) in [5, 5.41) is 23.3. The number of phenols is 1. The highest BCUT2D eigenvalue weighted by atomic mass is 16.6. The Morgan fingerprint density at radius 2 is 1.75 bits per heavy atom. The Labute approximate surface area is 159 Å². The zero-order valence-electron chi connectivity index (χ0n) is 15.4. The largest absolute Gasteiger partial charge is 0.505 e. The van der Waals surface area contributed by atoms with Crippen molar-refractivity contribution in [1.82, 2.24) is 15.0 Å². The molecule has 0 amide bonds. The van der Waals surface area contributed by atoms with E-state index in [4.69, 9.17) is 4.98 Å². The first kappa shape index (κ1) is 16.6. The monoisotopic (exact) mass is 372 g/mol. The minimum Gasteiger partial charge on any atom is -0.505 e. The van der Waals surface area contributed by atoms with E-state index in [-0.39, 0.29) is 17.0 Å². The lowest BCUT2D eigenvalue weighted by atomic mass is 9.90. The van der Waals surface area contributed by atoms with Gasteiger partial charge in [0.25, 0.3) is 5.69 Å². The van der Waals surface area contributed by atoms with Gasteiger partial charge in [0.1, 0.15) is 11.3 Å². The predicted octanol–water partition coefficient (Wildman–Crippen LogP) is 4.17. The van der Waals surface area contributed by atoms with Gasteiger partial charge < -0.3 is 5.11 Å². The molecule has 0 unspecified atom stereocenters. The number of fused-ring (bicyclic) bond motifs is 5. The summed E-state index contributed by atoms with van der Waals surface area (Å²) in [6, 6.07) is 7.30. The topological polar surface area (TPSA) is 102 Å². The highest BCUT2D eigenvalue weighted by molar-refractivity contribution is 5.96. The van der Waals surface area contributed by atoms with E-state index in [0.29, 0.717) is 28.7 Å². The number of phenolic OH excluding ortho intramolecular Hbond substituents is 1. The molecule has 0 spiro atoms. The van der Waals surface area contributed by atoms with E-state index in [1.54, 1.807) is 19.2 Å². The quantitative estimate of drug-likeness (QED) is 0.397. The van der Waals surface area contributed by atoms with Crippen molar-refractivity contribution >= 4 is 27.6 Å². The zero-order valence-corrected chi connectivity index (χ0v) is 15.4. The van der Waals surface area contributed by atoms with Gasteiger partial charge in [0.05, 0.1) is 21.7 Å². The minimum absolute atomic E-state index is 0.0370. The smallest absolute Gasteiger partial charge is 0.279 e. The molecule has 5 rings (SSSR count). The van der Waals surface area contributed by atoms with Gasteiger partial charge in [-0.05, 0) is 67.1 Å². The third-order valence-corrected chi connectivity index (χ3v) is 5.30. The minimum atomic E-state index is -0.433. The molecule has 1 aromatic carbocycles. The van der Waals surface area contributed by atoms with Gasteiger partial charge in [-0.1, -0.05) is 0 Å². The van der Waals surface area contributed by atoms with Crippen molar-refractivity contribution in [3.05, 3.63) is 62.8 Å². The van der Waals surface area contributed by atoms with Crippen molar-refractivity contribution in [3.8, 4) is 17.1 Å². The zero-order chi connectivity index (χ0) is 19.6. The van der Waals surface area contributed by atoms with Crippen LogP contribution in [0, 0.1) is 24.0 Å². The van der Waals surface area contributed by atoms with Crippen LogP contribution in [-0.4, -0.2) is 25.0 Å². The molecule has 0 fully saturated rings. The maximum Gasteiger partial charge on any atom is 0.279 e. The summed E-state index contributed by atoms with van der Waals surface area (Å²) >= 11 is 0. The van der Waals surface area contributed by atoms with Gasteiger partial charge in [-0.2, -0.15) is 0 Å². The number of aromatic nitrogens is 3. The molecule has 0 aliphatic heterocycles. The van der Waals surface area contributed by atoms with E-state index >= 15 is 0 Å². The van der Waals surface area contributed by atoms with E-state index in [0.717, 1.165) is 34.2 Å². The summed E-state index contributed by atoms with van der Waals surface area (Å²) in [7, 11) is 0. The average molecular weight is 372 g/mol. The van der Waals surface area contributed by atoms with Crippen LogP contribution < -0.4 is 0 Å². The molecule has 0 saturated carbocycles. The maximum absolute atomic E-state index is 11.5.